The van der Waals surface area contributed by atoms with E-state index in [0.29, 0.717) is 32.0 Å². The zero-order valence-electron chi connectivity index (χ0n) is 14.0. The fourth-order valence-corrected chi connectivity index (χ4v) is 2.70. The number of hydrogen-bond acceptors (Lipinski definition) is 6. The molecule has 8 heteroatoms. The molecule has 1 fully saturated rings. The Hall–Kier alpha value is -2.48. The molecule has 24 heavy (non-hydrogen) atoms. The maximum atomic E-state index is 12.3. The first kappa shape index (κ1) is 16.4. The standard InChI is InChI=1S/C16H22N6O2/c1-12-9-13(2)22(20-12)4-3-17-16(23)14-10-15(19-11-18-14)21-5-7-24-8-6-21/h9-11H,3-8H2,1-2H3,(H,17,23). The summed E-state index contributed by atoms with van der Waals surface area (Å²) in [7, 11) is 0. The van der Waals surface area contributed by atoms with Crippen molar-refractivity contribution in [3.63, 3.8) is 0 Å². The molecule has 0 aromatic carbocycles. The molecule has 0 bridgehead atoms. The third kappa shape index (κ3) is 3.88. The quantitative estimate of drug-likeness (QED) is 0.862. The molecule has 0 saturated carbocycles. The fraction of sp³-hybridized carbons (Fsp3) is 0.500. The van der Waals surface area contributed by atoms with Gasteiger partial charge >= 0.3 is 0 Å². The first-order valence-electron chi connectivity index (χ1n) is 8.07. The summed E-state index contributed by atoms with van der Waals surface area (Å²) in [5, 5.41) is 7.26. The second kappa shape index (κ2) is 7.39. The molecule has 8 nitrogen and oxygen atoms in total. The van der Waals surface area contributed by atoms with Gasteiger partial charge in [-0.25, -0.2) is 9.97 Å². The van der Waals surface area contributed by atoms with E-state index in [1.54, 1.807) is 6.07 Å². The van der Waals surface area contributed by atoms with Crippen molar-refractivity contribution in [1.82, 2.24) is 25.1 Å². The highest BCUT2D eigenvalue weighted by Crippen LogP contribution is 2.12. The zero-order chi connectivity index (χ0) is 16.9. The average molecular weight is 330 g/mol. The van der Waals surface area contributed by atoms with Gasteiger partial charge in [0.15, 0.2) is 0 Å². The number of aryl methyl sites for hydroxylation is 2. The van der Waals surface area contributed by atoms with Crippen molar-refractivity contribution in [3.05, 3.63) is 35.5 Å². The van der Waals surface area contributed by atoms with Crippen LogP contribution in [0.3, 0.4) is 0 Å². The van der Waals surface area contributed by atoms with E-state index in [1.807, 2.05) is 24.6 Å². The van der Waals surface area contributed by atoms with Gasteiger partial charge in [-0.2, -0.15) is 5.10 Å². The van der Waals surface area contributed by atoms with E-state index in [1.165, 1.54) is 6.33 Å². The number of rotatable bonds is 5. The fourth-order valence-electron chi connectivity index (χ4n) is 2.70. The molecule has 0 spiro atoms. The van der Waals surface area contributed by atoms with Gasteiger partial charge < -0.3 is 15.0 Å². The van der Waals surface area contributed by atoms with Crippen LogP contribution in [0.2, 0.25) is 0 Å². The second-order valence-electron chi connectivity index (χ2n) is 5.77. The van der Waals surface area contributed by atoms with Gasteiger partial charge in [0.05, 0.1) is 25.5 Å². The lowest BCUT2D eigenvalue weighted by Gasteiger charge is -2.27. The third-order valence-corrected chi connectivity index (χ3v) is 3.93. The lowest BCUT2D eigenvalue weighted by atomic mass is 10.3. The number of carbonyl (C=O) groups excluding carboxylic acids is 1. The van der Waals surface area contributed by atoms with Gasteiger partial charge in [0.25, 0.3) is 5.91 Å². The maximum Gasteiger partial charge on any atom is 0.270 e. The summed E-state index contributed by atoms with van der Waals surface area (Å²) in [5.41, 5.74) is 2.43. The third-order valence-electron chi connectivity index (χ3n) is 3.93. The van der Waals surface area contributed by atoms with Crippen molar-refractivity contribution in [2.45, 2.75) is 20.4 Å². The summed E-state index contributed by atoms with van der Waals surface area (Å²) >= 11 is 0. The molecule has 1 amide bonds. The van der Waals surface area contributed by atoms with Crippen LogP contribution in [-0.2, 0) is 11.3 Å². The maximum absolute atomic E-state index is 12.3. The van der Waals surface area contributed by atoms with Gasteiger partial charge in [-0.3, -0.25) is 9.48 Å². The number of hydrogen-bond donors (Lipinski definition) is 1. The van der Waals surface area contributed by atoms with Crippen molar-refractivity contribution < 1.29 is 9.53 Å². The number of amides is 1. The molecule has 2 aromatic rings. The van der Waals surface area contributed by atoms with Crippen LogP contribution in [0.4, 0.5) is 5.82 Å². The minimum atomic E-state index is -0.201. The van der Waals surface area contributed by atoms with Gasteiger partial charge in [0.1, 0.15) is 17.8 Å². The number of carbonyl (C=O) groups is 1. The van der Waals surface area contributed by atoms with Crippen LogP contribution in [0.5, 0.6) is 0 Å². The Kier molecular flexibility index (Phi) is 5.05. The highest BCUT2D eigenvalue weighted by atomic mass is 16.5. The second-order valence-corrected chi connectivity index (χ2v) is 5.77. The lowest BCUT2D eigenvalue weighted by molar-refractivity contribution is 0.0946. The Morgan fingerprint density at radius 2 is 2.04 bits per heavy atom. The Morgan fingerprint density at radius 3 is 2.75 bits per heavy atom. The Balaban J connectivity index is 1.57. The van der Waals surface area contributed by atoms with Crippen LogP contribution < -0.4 is 10.2 Å². The summed E-state index contributed by atoms with van der Waals surface area (Å²) in [6, 6.07) is 3.74. The van der Waals surface area contributed by atoms with Crippen LogP contribution in [0.1, 0.15) is 21.9 Å². The van der Waals surface area contributed by atoms with Crippen LogP contribution >= 0.6 is 0 Å². The minimum Gasteiger partial charge on any atom is -0.378 e. The number of morpholine rings is 1. The van der Waals surface area contributed by atoms with E-state index in [9.17, 15) is 4.79 Å². The summed E-state index contributed by atoms with van der Waals surface area (Å²) in [6.45, 7) is 7.98. The SMILES string of the molecule is Cc1cc(C)n(CCNC(=O)c2cc(N3CCOCC3)ncn2)n1. The molecule has 2 aromatic heterocycles. The molecule has 1 aliphatic rings. The van der Waals surface area contributed by atoms with E-state index in [-0.39, 0.29) is 5.91 Å². The molecule has 128 valence electrons. The molecule has 0 unspecified atom stereocenters. The smallest absolute Gasteiger partial charge is 0.270 e. The highest BCUT2D eigenvalue weighted by molar-refractivity contribution is 5.92. The van der Waals surface area contributed by atoms with E-state index >= 15 is 0 Å². The number of aromatic nitrogens is 4. The molecule has 0 aliphatic carbocycles. The lowest BCUT2D eigenvalue weighted by Crippen LogP contribution is -2.37. The van der Waals surface area contributed by atoms with Crippen molar-refractivity contribution in [3.8, 4) is 0 Å². The summed E-state index contributed by atoms with van der Waals surface area (Å²) in [6.07, 6.45) is 1.43. The van der Waals surface area contributed by atoms with Gasteiger partial charge in [-0.15, -0.1) is 0 Å². The monoisotopic (exact) mass is 330 g/mol. The summed E-state index contributed by atoms with van der Waals surface area (Å²) < 4.78 is 7.22. The molecule has 3 heterocycles. The van der Waals surface area contributed by atoms with E-state index in [4.69, 9.17) is 4.74 Å². The molecule has 0 radical (unpaired) electrons. The zero-order valence-corrected chi connectivity index (χ0v) is 14.0. The Bertz CT molecular complexity index is 708. The van der Waals surface area contributed by atoms with E-state index in [0.717, 1.165) is 30.3 Å². The number of nitrogens with zero attached hydrogens (tertiary/aromatic N) is 5. The van der Waals surface area contributed by atoms with Gasteiger partial charge in [0.2, 0.25) is 0 Å². The number of nitrogens with one attached hydrogen (secondary N) is 1. The molecule has 1 N–H and O–H groups in total. The van der Waals surface area contributed by atoms with Crippen LogP contribution in [0, 0.1) is 13.8 Å². The largest absolute Gasteiger partial charge is 0.378 e. The molecule has 1 saturated heterocycles. The molecule has 3 rings (SSSR count). The normalized spacial score (nSPS) is 14.7. The topological polar surface area (TPSA) is 85.2 Å². The number of anilines is 1. The van der Waals surface area contributed by atoms with Gasteiger partial charge in [0, 0.05) is 31.4 Å². The van der Waals surface area contributed by atoms with E-state index in [2.05, 4.69) is 25.3 Å². The first-order valence-corrected chi connectivity index (χ1v) is 8.07. The summed E-state index contributed by atoms with van der Waals surface area (Å²) in [5.74, 6) is 0.561. The van der Waals surface area contributed by atoms with Gasteiger partial charge in [-0.05, 0) is 19.9 Å². The first-order chi connectivity index (χ1) is 11.6. The predicted octanol–water partition coefficient (Wildman–Crippen LogP) is 0.557. The minimum absolute atomic E-state index is 0.201. The Morgan fingerprint density at radius 1 is 1.25 bits per heavy atom. The molecular weight excluding hydrogens is 308 g/mol. The van der Waals surface area contributed by atoms with Crippen LogP contribution in [0.25, 0.3) is 0 Å². The Labute approximate surface area is 140 Å². The molecular formula is C16H22N6O2. The van der Waals surface area contributed by atoms with E-state index < -0.39 is 0 Å². The molecule has 0 atom stereocenters. The van der Waals surface area contributed by atoms with Crippen molar-refractivity contribution >= 4 is 11.7 Å². The van der Waals surface area contributed by atoms with Crippen LogP contribution in [0.15, 0.2) is 18.5 Å². The number of ether oxygens (including phenoxy) is 1. The van der Waals surface area contributed by atoms with Crippen molar-refractivity contribution in [1.29, 1.82) is 0 Å². The van der Waals surface area contributed by atoms with Gasteiger partial charge in [-0.1, -0.05) is 0 Å². The van der Waals surface area contributed by atoms with Crippen LogP contribution in [-0.4, -0.2) is 58.5 Å². The average Bonchev–Trinajstić information content (AvgIpc) is 2.93. The van der Waals surface area contributed by atoms with Crippen molar-refractivity contribution in [2.75, 3.05) is 37.7 Å². The summed E-state index contributed by atoms with van der Waals surface area (Å²) in [4.78, 5) is 22.7. The molecule has 1 aliphatic heterocycles. The predicted molar refractivity (Wildman–Crippen MR) is 89.1 cm³/mol. The highest BCUT2D eigenvalue weighted by Gasteiger charge is 2.15. The van der Waals surface area contributed by atoms with Crippen molar-refractivity contribution in [2.24, 2.45) is 0 Å².